The van der Waals surface area contributed by atoms with E-state index < -0.39 is 50.5 Å². The molecule has 0 unspecified atom stereocenters. The number of hydrogen-bond acceptors (Lipinski definition) is 5. The van der Waals surface area contributed by atoms with Gasteiger partial charge in [0.25, 0.3) is 0 Å². The fourth-order valence-electron chi connectivity index (χ4n) is 4.15. The van der Waals surface area contributed by atoms with Crippen molar-refractivity contribution in [2.75, 3.05) is 17.6 Å². The van der Waals surface area contributed by atoms with Gasteiger partial charge in [0.15, 0.2) is 0 Å². The third kappa shape index (κ3) is 7.00. The average Bonchev–Trinajstić information content (AvgIpc) is 2.89. The standard InChI is InChI=1S/C26H24Cl2F3IN4O3/c27-16-9-7-15(8-10-16)24(33)36(13-22(38)26(29,30)31)25(39)34-12-20-19-5-2-6-21(37)23(19)32(14-35-20)18-4-1-3-17(28)11-18/h1,3-4,7-11,22,33,38H,2,5-6,12-14H2,(H,34,39)/t22-/m0/s1. The number of nitrogens with zero attached hydrogens (tertiary/aromatic N) is 2. The van der Waals surface area contributed by atoms with Gasteiger partial charge in [-0.2, -0.15) is 0 Å². The van der Waals surface area contributed by atoms with Crippen molar-refractivity contribution >= 4 is 66.4 Å². The number of ketones is 1. The van der Waals surface area contributed by atoms with Crippen LogP contribution in [0.25, 0.3) is 0 Å². The summed E-state index contributed by atoms with van der Waals surface area (Å²) in [6.45, 7) is -1.32. The van der Waals surface area contributed by atoms with Crippen molar-refractivity contribution in [3.05, 3.63) is 76.9 Å². The van der Waals surface area contributed by atoms with Crippen LogP contribution in [0.5, 0.6) is 0 Å². The number of amides is 2. The van der Waals surface area contributed by atoms with Gasteiger partial charge in [0.05, 0.1) is 0 Å². The van der Waals surface area contributed by atoms with Gasteiger partial charge in [-0.25, -0.2) is 0 Å². The summed E-state index contributed by atoms with van der Waals surface area (Å²) < 4.78 is 41.6. The molecule has 0 aromatic heterocycles. The normalized spacial score (nSPS) is 17.3. The Labute approximate surface area is 240 Å². The minimum atomic E-state index is -4.99. The van der Waals surface area contributed by atoms with Gasteiger partial charge < -0.3 is 0 Å². The molecule has 2 aromatic carbocycles. The monoisotopic (exact) mass is 694 g/mol. The number of allylic oxidation sites excluding steroid dienone is 1. The number of aliphatic hydroxyl groups excluding tert-OH is 1. The maximum absolute atomic E-state index is 13.1. The number of halogens is 6. The Morgan fingerprint density at radius 2 is 1.87 bits per heavy atom. The van der Waals surface area contributed by atoms with E-state index in [0.717, 1.165) is 12.7 Å². The van der Waals surface area contributed by atoms with Gasteiger partial charge in [0.2, 0.25) is 0 Å². The van der Waals surface area contributed by atoms with Crippen LogP contribution in [-0.4, -0.2) is 63.3 Å². The summed E-state index contributed by atoms with van der Waals surface area (Å²) in [4.78, 5) is 31.3. The molecule has 2 aliphatic rings. The fraction of sp³-hybridized carbons (Fsp3) is 0.308. The van der Waals surface area contributed by atoms with Crippen molar-refractivity contribution in [1.29, 1.82) is 5.41 Å². The molecule has 0 radical (unpaired) electrons. The van der Waals surface area contributed by atoms with Crippen LogP contribution in [-0.2, 0) is 4.79 Å². The molecule has 1 aliphatic carbocycles. The van der Waals surface area contributed by atoms with Gasteiger partial charge in [-0.1, -0.05) is 11.6 Å². The van der Waals surface area contributed by atoms with E-state index in [4.69, 9.17) is 28.6 Å². The van der Waals surface area contributed by atoms with Gasteiger partial charge in [-0.3, -0.25) is 0 Å². The Morgan fingerprint density at radius 1 is 1.15 bits per heavy atom. The predicted molar refractivity (Wildman–Crippen MR) is 153 cm³/mol. The number of benzene rings is 2. The molecular weight excluding hydrogens is 671 g/mol. The third-order valence-electron chi connectivity index (χ3n) is 6.11. The summed E-state index contributed by atoms with van der Waals surface area (Å²) in [6.07, 6.45) is -6.20. The number of hydrogen-bond donors (Lipinski definition) is 3. The summed E-state index contributed by atoms with van der Waals surface area (Å²) in [6, 6.07) is 12.0. The molecule has 0 spiro atoms. The molecule has 208 valence electrons. The van der Waals surface area contributed by atoms with E-state index in [9.17, 15) is 27.9 Å². The van der Waals surface area contributed by atoms with E-state index in [1.807, 2.05) is 18.2 Å². The van der Waals surface area contributed by atoms with E-state index in [1.54, 1.807) is 6.07 Å². The van der Waals surface area contributed by atoms with E-state index in [0.29, 0.717) is 44.5 Å². The van der Waals surface area contributed by atoms with E-state index >= 15 is 0 Å². The van der Waals surface area contributed by atoms with Crippen molar-refractivity contribution in [1.82, 2.24) is 10.2 Å². The van der Waals surface area contributed by atoms with Gasteiger partial charge in [-0.05, 0) is 0 Å². The van der Waals surface area contributed by atoms with Crippen LogP contribution in [0.4, 0.5) is 18.0 Å². The van der Waals surface area contributed by atoms with Crippen molar-refractivity contribution < 1.29 is 27.9 Å². The summed E-state index contributed by atoms with van der Waals surface area (Å²) in [5, 5.41) is 21.5. The first-order chi connectivity index (χ1) is 18.5. The molecule has 0 fully saturated rings. The number of urea groups is 1. The molecule has 39 heavy (non-hydrogen) atoms. The van der Waals surface area contributed by atoms with Crippen LogP contribution in [0, 0.1) is 8.98 Å². The Kier molecular flexibility index (Phi) is 9.35. The molecule has 13 heteroatoms. The van der Waals surface area contributed by atoms with Gasteiger partial charge in [0, 0.05) is 0 Å². The maximum atomic E-state index is 13.1. The van der Waals surface area contributed by atoms with Crippen LogP contribution < -0.4 is 5.32 Å². The molecule has 0 bridgehead atoms. The van der Waals surface area contributed by atoms with Gasteiger partial charge >= 0.3 is 229 Å². The average molecular weight is 695 g/mol. The first-order valence-corrected chi connectivity index (χ1v) is 16.3. The number of carbonyl (C=O) groups excluding carboxylic acids is 2. The van der Waals surface area contributed by atoms with Gasteiger partial charge in [-0.15, -0.1) is 0 Å². The second kappa shape index (κ2) is 12.4. The summed E-state index contributed by atoms with van der Waals surface area (Å²) in [5.41, 5.74) is 1.41. The van der Waals surface area contributed by atoms with Crippen molar-refractivity contribution in [3.8, 4) is 0 Å². The molecule has 1 atom stereocenters. The molecule has 1 heterocycles. The van der Waals surface area contributed by atoms with Crippen molar-refractivity contribution in [3.63, 3.8) is 0 Å². The second-order valence-electron chi connectivity index (χ2n) is 8.78. The number of amidine groups is 1. The van der Waals surface area contributed by atoms with Crippen LogP contribution in [0.3, 0.4) is 0 Å². The number of Topliss-reactive ketones (excluding diaryl/α,β-unsaturated/α-hetero) is 1. The molecule has 7 nitrogen and oxygen atoms in total. The zero-order chi connectivity index (χ0) is 28.3. The Hall–Kier alpha value is -2.48. The quantitative estimate of drug-likeness (QED) is 0.113. The van der Waals surface area contributed by atoms with E-state index in [1.165, 1.54) is 24.3 Å². The number of carbonyl (C=O) groups is 2. The zero-order valence-electron chi connectivity index (χ0n) is 20.4. The van der Waals surface area contributed by atoms with Crippen molar-refractivity contribution in [2.45, 2.75) is 31.5 Å². The van der Waals surface area contributed by atoms with Gasteiger partial charge in [0.1, 0.15) is 0 Å². The van der Waals surface area contributed by atoms with Crippen molar-refractivity contribution in [2.24, 2.45) is 4.99 Å². The summed E-state index contributed by atoms with van der Waals surface area (Å²) in [5.74, 6) is -0.486. The fourth-order valence-corrected chi connectivity index (χ4v) is 10.5. The predicted octanol–water partition coefficient (Wildman–Crippen LogP) is 6.05. The first kappa shape index (κ1) is 29.5. The van der Waals surface area contributed by atoms with Crippen LogP contribution in [0.1, 0.15) is 24.8 Å². The number of aliphatic imine (C=N–C) groups is 1. The molecule has 0 saturated heterocycles. The molecule has 2 amide bonds. The third-order valence-corrected chi connectivity index (χ3v) is 12.4. The van der Waals surface area contributed by atoms with E-state index in [-0.39, 0.29) is 17.9 Å². The summed E-state index contributed by atoms with van der Waals surface area (Å²) in [7, 11) is 0. The number of rotatable bonds is 6. The van der Waals surface area contributed by atoms with Crippen LogP contribution in [0.2, 0.25) is 10.0 Å². The Bertz CT molecular complexity index is 1350. The number of alkyl halides is 4. The Balaban J connectivity index is 1.56. The number of aliphatic hydroxyl groups is 1. The van der Waals surface area contributed by atoms with Crippen LogP contribution >= 0.6 is 43.0 Å². The second-order valence-corrected chi connectivity index (χ2v) is 14.7. The molecule has 1 aliphatic heterocycles. The zero-order valence-corrected chi connectivity index (χ0v) is 24.0. The minimum absolute atomic E-state index is 0.0552. The molecule has 3 N–H and O–H groups in total. The van der Waals surface area contributed by atoms with E-state index in [2.05, 4.69) is 10.3 Å². The molecule has 0 saturated carbocycles. The molecular formula is C26H24Cl2F3IN4O3. The topological polar surface area (TPSA) is 106 Å². The number of nitrogens with one attached hydrogen (secondary N) is 2. The summed E-state index contributed by atoms with van der Waals surface area (Å²) >= 11 is 9.85. The first-order valence-electron chi connectivity index (χ1n) is 11.8. The van der Waals surface area contributed by atoms with Crippen LogP contribution in [0.15, 0.2) is 62.7 Å². The molecule has 2 aromatic rings. The molecule has 4 rings (SSSR count). The SMILES string of the molecule is N=C(c1ccc(Cl)cc1)N(C[C@H](O)C(F)(F)F)C(=O)NCC1=NCI(c2cccc(Cl)c2)C2=C1CCCC2=O. The Morgan fingerprint density at radius 3 is 2.54 bits per heavy atom.